The van der Waals surface area contributed by atoms with E-state index in [4.69, 9.17) is 18.9 Å². The van der Waals surface area contributed by atoms with E-state index in [9.17, 15) is 9.59 Å². The van der Waals surface area contributed by atoms with Gasteiger partial charge in [0, 0.05) is 12.3 Å². The lowest BCUT2D eigenvalue weighted by molar-refractivity contribution is -0.157. The number of esters is 2. The Morgan fingerprint density at radius 2 is 1.61 bits per heavy atom. The molecule has 0 atom stereocenters. The van der Waals surface area contributed by atoms with Crippen molar-refractivity contribution < 1.29 is 28.5 Å². The van der Waals surface area contributed by atoms with Crippen LogP contribution < -0.4 is 9.47 Å². The molecule has 0 spiro atoms. The highest BCUT2D eigenvalue weighted by Crippen LogP contribution is 2.30. The fourth-order valence-corrected chi connectivity index (χ4v) is 1.75. The van der Waals surface area contributed by atoms with Gasteiger partial charge in [0.1, 0.15) is 0 Å². The Hall–Kier alpha value is -2.57. The summed E-state index contributed by atoms with van der Waals surface area (Å²) in [4.78, 5) is 27.8. The van der Waals surface area contributed by atoms with E-state index in [0.29, 0.717) is 17.2 Å². The van der Waals surface area contributed by atoms with Gasteiger partial charge < -0.3 is 18.9 Å². The van der Waals surface area contributed by atoms with Crippen LogP contribution >= 0.6 is 0 Å². The van der Waals surface area contributed by atoms with Crippen LogP contribution in [0.4, 0.5) is 5.69 Å². The Morgan fingerprint density at radius 3 is 2.09 bits per heavy atom. The Kier molecular flexibility index (Phi) is 7.59. The molecule has 0 radical (unpaired) electrons. The topological polar surface area (TPSA) is 83.4 Å². The van der Waals surface area contributed by atoms with Gasteiger partial charge in [0.25, 0.3) is 0 Å². The highest BCUT2D eigenvalue weighted by atomic mass is 16.6. The molecule has 0 saturated carbocycles. The molecule has 0 saturated heterocycles. The summed E-state index contributed by atoms with van der Waals surface area (Å²) < 4.78 is 20.0. The molecule has 0 amide bonds. The lowest BCUT2D eigenvalue weighted by atomic mass is 10.1. The van der Waals surface area contributed by atoms with E-state index >= 15 is 0 Å². The summed E-state index contributed by atoms with van der Waals surface area (Å²) in [6, 6.07) is 4.98. The first kappa shape index (κ1) is 18.5. The van der Waals surface area contributed by atoms with Crippen molar-refractivity contribution >= 4 is 23.8 Å². The molecule has 23 heavy (non-hydrogen) atoms. The van der Waals surface area contributed by atoms with Crippen molar-refractivity contribution in [2.75, 3.05) is 27.4 Å². The minimum absolute atomic E-state index is 0.166. The molecule has 1 aromatic rings. The van der Waals surface area contributed by atoms with E-state index < -0.39 is 17.9 Å². The molecule has 0 unspecified atom stereocenters. The lowest BCUT2D eigenvalue weighted by Crippen LogP contribution is -2.29. The molecule has 0 heterocycles. The zero-order chi connectivity index (χ0) is 17.2. The highest BCUT2D eigenvalue weighted by molar-refractivity contribution is 6.09. The summed E-state index contributed by atoms with van der Waals surface area (Å²) >= 11 is 0. The van der Waals surface area contributed by atoms with Gasteiger partial charge in [0.2, 0.25) is 0 Å². The first-order valence-electron chi connectivity index (χ1n) is 7.16. The van der Waals surface area contributed by atoms with Crippen molar-refractivity contribution in [1.82, 2.24) is 0 Å². The summed E-state index contributed by atoms with van der Waals surface area (Å²) in [7, 11) is 3.03. The van der Waals surface area contributed by atoms with E-state index in [1.807, 2.05) is 0 Å². The van der Waals surface area contributed by atoms with Gasteiger partial charge in [0.15, 0.2) is 17.4 Å². The van der Waals surface area contributed by atoms with Crippen LogP contribution in [0.25, 0.3) is 0 Å². The molecule has 0 bridgehead atoms. The van der Waals surface area contributed by atoms with E-state index in [0.717, 1.165) is 0 Å². The zero-order valence-electron chi connectivity index (χ0n) is 13.7. The standard InChI is InChI=1S/C16H21NO6/c1-5-22-15(18)12(16(19)23-6-2)10-17-11-7-8-13(20-3)14(9-11)21-4/h7-10,12H,5-6H2,1-4H3. The molecule has 0 aliphatic carbocycles. The molecule has 0 aliphatic heterocycles. The fourth-order valence-electron chi connectivity index (χ4n) is 1.75. The van der Waals surface area contributed by atoms with Crippen LogP contribution in [0.5, 0.6) is 11.5 Å². The van der Waals surface area contributed by atoms with Gasteiger partial charge in [-0.15, -0.1) is 0 Å². The summed E-state index contributed by atoms with van der Waals surface area (Å²) in [5.41, 5.74) is 0.501. The molecular weight excluding hydrogens is 302 g/mol. The summed E-state index contributed by atoms with van der Waals surface area (Å²) in [6.45, 7) is 3.65. The Bertz CT molecular complexity index is 552. The molecule has 7 heteroatoms. The minimum atomic E-state index is -1.21. The van der Waals surface area contributed by atoms with Crippen LogP contribution in [-0.2, 0) is 19.1 Å². The van der Waals surface area contributed by atoms with Crippen molar-refractivity contribution in [2.45, 2.75) is 13.8 Å². The number of benzene rings is 1. The predicted octanol–water partition coefficient (Wildman–Crippen LogP) is 2.15. The van der Waals surface area contributed by atoms with Gasteiger partial charge in [-0.1, -0.05) is 0 Å². The number of ether oxygens (including phenoxy) is 4. The molecule has 0 aliphatic rings. The largest absolute Gasteiger partial charge is 0.493 e. The Morgan fingerprint density at radius 1 is 1.04 bits per heavy atom. The third-order valence-corrected chi connectivity index (χ3v) is 2.82. The summed E-state index contributed by atoms with van der Waals surface area (Å²) in [6.07, 6.45) is 1.21. The third kappa shape index (κ3) is 5.28. The van der Waals surface area contributed by atoms with Crippen LogP contribution in [-0.4, -0.2) is 45.6 Å². The number of methoxy groups -OCH3 is 2. The van der Waals surface area contributed by atoms with Gasteiger partial charge in [0.05, 0.1) is 33.1 Å². The maximum absolute atomic E-state index is 11.8. The van der Waals surface area contributed by atoms with E-state index in [2.05, 4.69) is 4.99 Å². The zero-order valence-corrected chi connectivity index (χ0v) is 13.7. The SMILES string of the molecule is CCOC(=O)C(C=Nc1ccc(OC)c(OC)c1)C(=O)OCC. The highest BCUT2D eigenvalue weighted by Gasteiger charge is 2.27. The predicted molar refractivity (Wildman–Crippen MR) is 84.5 cm³/mol. The fraction of sp³-hybridized carbons (Fsp3) is 0.438. The number of nitrogens with zero attached hydrogens (tertiary/aromatic N) is 1. The second-order valence-electron chi connectivity index (χ2n) is 4.30. The van der Waals surface area contributed by atoms with E-state index in [-0.39, 0.29) is 13.2 Å². The van der Waals surface area contributed by atoms with Crippen molar-refractivity contribution in [3.8, 4) is 11.5 Å². The van der Waals surface area contributed by atoms with Crippen molar-refractivity contribution in [3.05, 3.63) is 18.2 Å². The second-order valence-corrected chi connectivity index (χ2v) is 4.30. The maximum atomic E-state index is 11.8. The molecule has 0 fully saturated rings. The lowest BCUT2D eigenvalue weighted by Gasteiger charge is -2.10. The van der Waals surface area contributed by atoms with E-state index in [1.165, 1.54) is 20.4 Å². The molecule has 126 valence electrons. The smallest absolute Gasteiger partial charge is 0.325 e. The van der Waals surface area contributed by atoms with Gasteiger partial charge in [-0.25, -0.2) is 0 Å². The summed E-state index contributed by atoms with van der Waals surface area (Å²) in [5, 5.41) is 0. The van der Waals surface area contributed by atoms with Crippen LogP contribution in [0.15, 0.2) is 23.2 Å². The Labute approximate surface area is 135 Å². The molecule has 1 aromatic carbocycles. The number of aliphatic imine (C=N–C) groups is 1. The maximum Gasteiger partial charge on any atom is 0.325 e. The van der Waals surface area contributed by atoms with Crippen LogP contribution in [0.3, 0.4) is 0 Å². The van der Waals surface area contributed by atoms with Crippen LogP contribution in [0.2, 0.25) is 0 Å². The second kappa shape index (κ2) is 9.45. The molecule has 0 N–H and O–H groups in total. The van der Waals surface area contributed by atoms with Crippen LogP contribution in [0, 0.1) is 5.92 Å². The molecule has 1 rings (SSSR count). The number of hydrogen-bond acceptors (Lipinski definition) is 7. The third-order valence-electron chi connectivity index (χ3n) is 2.82. The van der Waals surface area contributed by atoms with Gasteiger partial charge >= 0.3 is 11.9 Å². The number of rotatable bonds is 8. The van der Waals surface area contributed by atoms with Crippen molar-refractivity contribution in [1.29, 1.82) is 0 Å². The first-order chi connectivity index (χ1) is 11.1. The van der Waals surface area contributed by atoms with Gasteiger partial charge in [-0.2, -0.15) is 0 Å². The van der Waals surface area contributed by atoms with Gasteiger partial charge in [-0.3, -0.25) is 14.6 Å². The van der Waals surface area contributed by atoms with Crippen LogP contribution in [0.1, 0.15) is 13.8 Å². The Balaban J connectivity index is 3.00. The molecule has 7 nitrogen and oxygen atoms in total. The number of hydrogen-bond donors (Lipinski definition) is 0. The monoisotopic (exact) mass is 323 g/mol. The quantitative estimate of drug-likeness (QED) is 0.414. The van der Waals surface area contributed by atoms with Crippen molar-refractivity contribution in [2.24, 2.45) is 10.9 Å². The summed E-state index contributed by atoms with van der Waals surface area (Å²) in [5.74, 6) is -1.56. The first-order valence-corrected chi connectivity index (χ1v) is 7.16. The normalized spacial score (nSPS) is 10.7. The molecule has 0 aromatic heterocycles. The molecular formula is C16H21NO6. The average Bonchev–Trinajstić information content (AvgIpc) is 2.55. The number of carbonyl (C=O) groups is 2. The number of carbonyl (C=O) groups excluding carboxylic acids is 2. The minimum Gasteiger partial charge on any atom is -0.493 e. The van der Waals surface area contributed by atoms with Crippen molar-refractivity contribution in [3.63, 3.8) is 0 Å². The van der Waals surface area contributed by atoms with Gasteiger partial charge in [-0.05, 0) is 26.0 Å². The van der Waals surface area contributed by atoms with E-state index in [1.54, 1.807) is 32.0 Å². The average molecular weight is 323 g/mol.